The van der Waals surface area contributed by atoms with E-state index in [2.05, 4.69) is 0 Å². The predicted molar refractivity (Wildman–Crippen MR) is 82.8 cm³/mol. The van der Waals surface area contributed by atoms with Crippen LogP contribution in [0.5, 0.6) is 0 Å². The summed E-state index contributed by atoms with van der Waals surface area (Å²) in [5.41, 5.74) is 0.833. The molecule has 0 N–H and O–H groups in total. The average Bonchev–Trinajstić information content (AvgIpc) is 2.43. The molecule has 0 radical (unpaired) electrons. The van der Waals surface area contributed by atoms with Crippen molar-refractivity contribution in [3.8, 4) is 5.69 Å². The third kappa shape index (κ3) is 3.12. The minimum absolute atomic E-state index is 0.0189. The van der Waals surface area contributed by atoms with Crippen LogP contribution >= 0.6 is 23.2 Å². The van der Waals surface area contributed by atoms with Gasteiger partial charge in [-0.15, -0.1) is 0 Å². The van der Waals surface area contributed by atoms with E-state index in [1.54, 1.807) is 42.8 Å². The highest BCUT2D eigenvalue weighted by atomic mass is 35.5. The molecular formula is C15H13Cl2NO3. The Balaban J connectivity index is 2.60. The molecule has 1 aromatic heterocycles. The monoisotopic (exact) mass is 325 g/mol. The van der Waals surface area contributed by atoms with E-state index in [1.807, 2.05) is 0 Å². The first-order valence-corrected chi connectivity index (χ1v) is 7.06. The van der Waals surface area contributed by atoms with Gasteiger partial charge in [0, 0.05) is 23.6 Å². The van der Waals surface area contributed by atoms with Gasteiger partial charge in [-0.1, -0.05) is 23.2 Å². The molecule has 0 saturated heterocycles. The van der Waals surface area contributed by atoms with Gasteiger partial charge in [0.25, 0.3) is 0 Å². The zero-order valence-electron chi connectivity index (χ0n) is 11.5. The lowest BCUT2D eigenvalue weighted by atomic mass is 10.1. The van der Waals surface area contributed by atoms with Crippen molar-refractivity contribution in [2.24, 2.45) is 0 Å². The number of hydrogen-bond donors (Lipinski definition) is 0. The maximum Gasteiger partial charge on any atom is 0.343 e. The number of hydrogen-bond acceptors (Lipinski definition) is 3. The van der Waals surface area contributed by atoms with Gasteiger partial charge in [0.05, 0.1) is 16.7 Å². The molecule has 1 heterocycles. The summed E-state index contributed by atoms with van der Waals surface area (Å²) in [5.74, 6) is -0.630. The van der Waals surface area contributed by atoms with Crippen LogP contribution in [0.25, 0.3) is 5.69 Å². The minimum Gasteiger partial charge on any atom is -0.462 e. The van der Waals surface area contributed by atoms with Gasteiger partial charge in [-0.3, -0.25) is 4.79 Å². The van der Waals surface area contributed by atoms with Gasteiger partial charge in [0.15, 0.2) is 5.43 Å². The normalized spacial score (nSPS) is 10.5. The smallest absolute Gasteiger partial charge is 0.343 e. The Kier molecular flexibility index (Phi) is 4.70. The fraction of sp³-hybridized carbons (Fsp3) is 0.200. The van der Waals surface area contributed by atoms with Crippen LogP contribution in [0.4, 0.5) is 0 Å². The molecule has 6 heteroatoms. The summed E-state index contributed by atoms with van der Waals surface area (Å²) in [6.45, 7) is 3.57. The zero-order valence-corrected chi connectivity index (χ0v) is 13.0. The molecule has 0 aliphatic carbocycles. The Morgan fingerprint density at radius 1 is 1.24 bits per heavy atom. The molecule has 0 atom stereocenters. The fourth-order valence-corrected chi connectivity index (χ4v) is 2.29. The Labute approximate surface area is 131 Å². The van der Waals surface area contributed by atoms with E-state index >= 15 is 0 Å². The fourth-order valence-electron chi connectivity index (χ4n) is 2.00. The first-order chi connectivity index (χ1) is 9.95. The van der Waals surface area contributed by atoms with Crippen LogP contribution in [0.1, 0.15) is 23.0 Å². The molecule has 0 saturated carbocycles. The predicted octanol–water partition coefficient (Wildman–Crippen LogP) is 3.63. The number of nitrogens with zero attached hydrogens (tertiary/aromatic N) is 1. The van der Waals surface area contributed by atoms with Crippen LogP contribution < -0.4 is 5.43 Å². The van der Waals surface area contributed by atoms with E-state index < -0.39 is 5.97 Å². The SMILES string of the molecule is CCOC(=O)c1c(C)n(-c2ccc(Cl)c(Cl)c2)ccc1=O. The van der Waals surface area contributed by atoms with E-state index in [0.29, 0.717) is 21.4 Å². The maximum atomic E-state index is 11.9. The van der Waals surface area contributed by atoms with E-state index in [9.17, 15) is 9.59 Å². The molecule has 0 fully saturated rings. The van der Waals surface area contributed by atoms with E-state index in [0.717, 1.165) is 0 Å². The molecule has 0 spiro atoms. The van der Waals surface area contributed by atoms with Gasteiger partial charge < -0.3 is 9.30 Å². The molecule has 2 rings (SSSR count). The molecule has 0 aliphatic rings. The number of aromatic nitrogens is 1. The van der Waals surface area contributed by atoms with E-state index in [-0.39, 0.29) is 17.6 Å². The van der Waals surface area contributed by atoms with E-state index in [4.69, 9.17) is 27.9 Å². The molecule has 2 aromatic rings. The number of benzene rings is 1. The summed E-state index contributed by atoms with van der Waals surface area (Å²) in [5, 5.41) is 0.828. The lowest BCUT2D eigenvalue weighted by Gasteiger charge is -2.14. The standard InChI is InChI=1S/C15H13Cl2NO3/c1-3-21-15(20)14-9(2)18(7-6-13(14)19)10-4-5-11(16)12(17)8-10/h4-8H,3H2,1-2H3. The van der Waals surface area contributed by atoms with Crippen LogP contribution in [0.15, 0.2) is 35.3 Å². The molecule has 0 bridgehead atoms. The van der Waals surface area contributed by atoms with Gasteiger partial charge in [0.1, 0.15) is 5.56 Å². The minimum atomic E-state index is -0.630. The largest absolute Gasteiger partial charge is 0.462 e. The molecule has 21 heavy (non-hydrogen) atoms. The molecular weight excluding hydrogens is 313 g/mol. The summed E-state index contributed by atoms with van der Waals surface area (Å²) < 4.78 is 6.61. The van der Waals surface area contributed by atoms with Gasteiger partial charge in [-0.05, 0) is 32.0 Å². The van der Waals surface area contributed by atoms with Crippen molar-refractivity contribution >= 4 is 29.2 Å². The van der Waals surface area contributed by atoms with Crippen molar-refractivity contribution < 1.29 is 9.53 Å². The van der Waals surface area contributed by atoms with Gasteiger partial charge in [-0.25, -0.2) is 4.79 Å². The van der Waals surface area contributed by atoms with Gasteiger partial charge in [0.2, 0.25) is 0 Å². The maximum absolute atomic E-state index is 11.9. The topological polar surface area (TPSA) is 48.3 Å². The van der Waals surface area contributed by atoms with Gasteiger partial charge >= 0.3 is 5.97 Å². The van der Waals surface area contributed by atoms with Crippen LogP contribution in [-0.2, 0) is 4.74 Å². The number of carbonyl (C=O) groups excluding carboxylic acids is 1. The summed E-state index contributed by atoms with van der Waals surface area (Å²) in [6, 6.07) is 6.39. The van der Waals surface area contributed by atoms with Crippen molar-refractivity contribution in [2.75, 3.05) is 6.61 Å². The zero-order chi connectivity index (χ0) is 15.6. The number of carbonyl (C=O) groups is 1. The third-order valence-corrected chi connectivity index (χ3v) is 3.74. The van der Waals surface area contributed by atoms with Crippen molar-refractivity contribution in [3.05, 3.63) is 62.0 Å². The molecule has 1 aromatic carbocycles. The Morgan fingerprint density at radius 2 is 1.95 bits per heavy atom. The second-order valence-electron chi connectivity index (χ2n) is 4.33. The highest BCUT2D eigenvalue weighted by Gasteiger charge is 2.17. The molecule has 4 nitrogen and oxygen atoms in total. The number of esters is 1. The van der Waals surface area contributed by atoms with E-state index in [1.165, 1.54) is 6.07 Å². The summed E-state index contributed by atoms with van der Waals surface area (Å²) in [7, 11) is 0. The highest BCUT2D eigenvalue weighted by Crippen LogP contribution is 2.25. The highest BCUT2D eigenvalue weighted by molar-refractivity contribution is 6.42. The first-order valence-electron chi connectivity index (χ1n) is 6.30. The second-order valence-corrected chi connectivity index (χ2v) is 5.14. The third-order valence-electron chi connectivity index (χ3n) is 3.01. The Morgan fingerprint density at radius 3 is 2.57 bits per heavy atom. The number of pyridine rings is 1. The Bertz CT molecular complexity index is 753. The molecule has 0 unspecified atom stereocenters. The number of ether oxygens (including phenoxy) is 1. The first kappa shape index (κ1) is 15.6. The van der Waals surface area contributed by atoms with Crippen molar-refractivity contribution in [2.45, 2.75) is 13.8 Å². The Hall–Kier alpha value is -1.78. The number of halogens is 2. The lowest BCUT2D eigenvalue weighted by Crippen LogP contribution is -2.22. The average molecular weight is 326 g/mol. The summed E-state index contributed by atoms with van der Waals surface area (Å²) in [6.07, 6.45) is 1.58. The van der Waals surface area contributed by atoms with Crippen LogP contribution in [0.2, 0.25) is 10.0 Å². The quantitative estimate of drug-likeness (QED) is 0.809. The van der Waals surface area contributed by atoms with Crippen molar-refractivity contribution in [1.82, 2.24) is 4.57 Å². The van der Waals surface area contributed by atoms with Crippen molar-refractivity contribution in [3.63, 3.8) is 0 Å². The summed E-state index contributed by atoms with van der Waals surface area (Å²) >= 11 is 11.9. The van der Waals surface area contributed by atoms with Crippen LogP contribution in [0.3, 0.4) is 0 Å². The molecule has 110 valence electrons. The molecule has 0 amide bonds. The summed E-state index contributed by atoms with van der Waals surface area (Å²) in [4.78, 5) is 23.8. The lowest BCUT2D eigenvalue weighted by molar-refractivity contribution is 0.0523. The van der Waals surface area contributed by atoms with Crippen LogP contribution in [-0.4, -0.2) is 17.1 Å². The van der Waals surface area contributed by atoms with Crippen LogP contribution in [0, 0.1) is 6.92 Å². The number of rotatable bonds is 3. The van der Waals surface area contributed by atoms with Gasteiger partial charge in [-0.2, -0.15) is 0 Å². The second kappa shape index (κ2) is 6.33. The molecule has 0 aliphatic heterocycles. The van der Waals surface area contributed by atoms with Crippen molar-refractivity contribution in [1.29, 1.82) is 0 Å².